The van der Waals surface area contributed by atoms with Gasteiger partial charge in [-0.15, -0.1) is 0 Å². The molecule has 0 radical (unpaired) electrons. The second-order valence-electron chi connectivity index (χ2n) is 2.85. The van der Waals surface area contributed by atoms with Crippen LogP contribution in [0.25, 0.3) is 11.4 Å². The Morgan fingerprint density at radius 3 is 2.14 bits per heavy atom. The van der Waals surface area contributed by atoms with E-state index in [1.807, 2.05) is 0 Å². The Labute approximate surface area is 80.4 Å². The van der Waals surface area contributed by atoms with Gasteiger partial charge in [-0.05, 0) is 24.3 Å². The van der Waals surface area contributed by atoms with E-state index in [1.165, 1.54) is 0 Å². The molecule has 0 aliphatic heterocycles. The molecule has 4 heteroatoms. The number of anilines is 1. The summed E-state index contributed by atoms with van der Waals surface area (Å²) in [6, 6.07) is 7.09. The number of nitrogens with zero attached hydrogens (tertiary/aromatic N) is 2. The Balaban J connectivity index is 2.40. The Kier molecular flexibility index (Phi) is 2.10. The Morgan fingerprint density at radius 2 is 1.57 bits per heavy atom. The molecule has 2 N–H and O–H groups in total. The van der Waals surface area contributed by atoms with Crippen LogP contribution in [0.4, 0.5) is 10.1 Å². The van der Waals surface area contributed by atoms with Gasteiger partial charge in [-0.25, -0.2) is 14.4 Å². The molecule has 0 fully saturated rings. The first kappa shape index (κ1) is 8.62. The maximum atomic E-state index is 12.5. The molecule has 0 spiro atoms. The summed E-state index contributed by atoms with van der Waals surface area (Å²) < 4.78 is 12.5. The molecule has 3 nitrogen and oxygen atoms in total. The van der Waals surface area contributed by atoms with Crippen LogP contribution in [-0.4, -0.2) is 9.97 Å². The van der Waals surface area contributed by atoms with Gasteiger partial charge in [0.25, 0.3) is 0 Å². The zero-order valence-electron chi connectivity index (χ0n) is 7.31. The molecule has 0 bridgehead atoms. The van der Waals surface area contributed by atoms with E-state index in [2.05, 4.69) is 9.97 Å². The molecule has 1 heterocycles. The summed E-state index contributed by atoms with van der Waals surface area (Å²) in [5, 5.41) is 0. The van der Waals surface area contributed by atoms with Crippen molar-refractivity contribution in [2.45, 2.75) is 0 Å². The van der Waals surface area contributed by atoms with Crippen molar-refractivity contribution in [1.82, 2.24) is 9.97 Å². The second-order valence-corrected chi connectivity index (χ2v) is 2.85. The zero-order chi connectivity index (χ0) is 9.97. The topological polar surface area (TPSA) is 51.8 Å². The van der Waals surface area contributed by atoms with E-state index < -0.39 is 5.82 Å². The van der Waals surface area contributed by atoms with Gasteiger partial charge in [0.15, 0.2) is 11.6 Å². The summed E-state index contributed by atoms with van der Waals surface area (Å²) in [6.07, 6.45) is 2.28. The fourth-order valence-electron chi connectivity index (χ4n) is 1.09. The largest absolute Gasteiger partial charge is 0.399 e. The number of hydrogen-bond donors (Lipinski definition) is 1. The van der Waals surface area contributed by atoms with Crippen LogP contribution >= 0.6 is 0 Å². The highest BCUT2D eigenvalue weighted by molar-refractivity contribution is 5.58. The number of halogens is 1. The van der Waals surface area contributed by atoms with Crippen molar-refractivity contribution in [3.05, 3.63) is 42.5 Å². The van der Waals surface area contributed by atoms with Gasteiger partial charge in [0.05, 0.1) is 12.4 Å². The van der Waals surface area contributed by atoms with E-state index in [4.69, 9.17) is 5.73 Å². The van der Waals surface area contributed by atoms with Crippen LogP contribution in [0.2, 0.25) is 0 Å². The monoisotopic (exact) mass is 189 g/mol. The summed E-state index contributed by atoms with van der Waals surface area (Å²) in [5.74, 6) is 0.0515. The molecule has 0 aliphatic rings. The molecule has 1 aromatic carbocycles. The molecule has 0 atom stereocenters. The van der Waals surface area contributed by atoms with Crippen LogP contribution in [0.1, 0.15) is 0 Å². The van der Waals surface area contributed by atoms with Crippen LogP contribution in [0.15, 0.2) is 36.7 Å². The minimum absolute atomic E-state index is 0.441. The number of rotatable bonds is 1. The summed E-state index contributed by atoms with van der Waals surface area (Å²) >= 11 is 0. The van der Waals surface area contributed by atoms with Gasteiger partial charge in [0.1, 0.15) is 0 Å². The minimum atomic E-state index is -0.441. The molecular formula is C10H8FN3. The smallest absolute Gasteiger partial charge is 0.159 e. The maximum absolute atomic E-state index is 12.5. The van der Waals surface area contributed by atoms with E-state index in [9.17, 15) is 4.39 Å². The van der Waals surface area contributed by atoms with Gasteiger partial charge in [0, 0.05) is 11.3 Å². The SMILES string of the molecule is Nc1ccc(-c2ncc(F)cn2)cc1. The van der Waals surface area contributed by atoms with E-state index in [1.54, 1.807) is 24.3 Å². The van der Waals surface area contributed by atoms with Crippen LogP contribution in [0.3, 0.4) is 0 Å². The molecule has 0 amide bonds. The fourth-order valence-corrected chi connectivity index (χ4v) is 1.09. The Hall–Kier alpha value is -1.97. The normalized spacial score (nSPS) is 10.1. The molecular weight excluding hydrogens is 181 g/mol. The van der Waals surface area contributed by atoms with Gasteiger partial charge in [-0.3, -0.25) is 0 Å². The van der Waals surface area contributed by atoms with Crippen molar-refractivity contribution < 1.29 is 4.39 Å². The first-order valence-corrected chi connectivity index (χ1v) is 4.09. The summed E-state index contributed by atoms with van der Waals surface area (Å²) in [4.78, 5) is 7.70. The lowest BCUT2D eigenvalue weighted by Gasteiger charge is -1.99. The van der Waals surface area contributed by atoms with Crippen LogP contribution < -0.4 is 5.73 Å². The molecule has 0 saturated carbocycles. The van der Waals surface area contributed by atoms with Gasteiger partial charge >= 0.3 is 0 Å². The third-order valence-electron chi connectivity index (χ3n) is 1.79. The molecule has 2 aromatic rings. The lowest BCUT2D eigenvalue weighted by molar-refractivity contribution is 0.614. The maximum Gasteiger partial charge on any atom is 0.159 e. The molecule has 0 saturated heterocycles. The summed E-state index contributed by atoms with van der Waals surface area (Å²) in [5.41, 5.74) is 7.02. The first-order chi connectivity index (χ1) is 6.75. The second kappa shape index (κ2) is 3.41. The highest BCUT2D eigenvalue weighted by Crippen LogP contribution is 2.15. The van der Waals surface area contributed by atoms with Crippen molar-refractivity contribution in [3.63, 3.8) is 0 Å². The quantitative estimate of drug-likeness (QED) is 0.696. The summed E-state index contributed by atoms with van der Waals surface area (Å²) in [7, 11) is 0. The van der Waals surface area contributed by atoms with Gasteiger partial charge in [-0.1, -0.05) is 0 Å². The fraction of sp³-hybridized carbons (Fsp3) is 0. The van der Waals surface area contributed by atoms with E-state index in [0.29, 0.717) is 11.5 Å². The lowest BCUT2D eigenvalue weighted by Crippen LogP contribution is -1.90. The third-order valence-corrected chi connectivity index (χ3v) is 1.79. The van der Waals surface area contributed by atoms with E-state index in [0.717, 1.165) is 18.0 Å². The molecule has 14 heavy (non-hydrogen) atoms. The average molecular weight is 189 g/mol. The molecule has 2 rings (SSSR count). The van der Waals surface area contributed by atoms with E-state index in [-0.39, 0.29) is 0 Å². The highest BCUT2D eigenvalue weighted by Gasteiger charge is 2.00. The van der Waals surface area contributed by atoms with Crippen molar-refractivity contribution in [3.8, 4) is 11.4 Å². The summed E-state index contributed by atoms with van der Waals surface area (Å²) in [6.45, 7) is 0. The van der Waals surface area contributed by atoms with Crippen molar-refractivity contribution in [2.75, 3.05) is 5.73 Å². The highest BCUT2D eigenvalue weighted by atomic mass is 19.1. The van der Waals surface area contributed by atoms with Gasteiger partial charge < -0.3 is 5.73 Å². The van der Waals surface area contributed by atoms with Gasteiger partial charge in [0.2, 0.25) is 0 Å². The predicted octanol–water partition coefficient (Wildman–Crippen LogP) is 1.86. The number of nitrogens with two attached hydrogens (primary N) is 1. The molecule has 70 valence electrons. The third kappa shape index (κ3) is 1.69. The molecule has 0 unspecified atom stereocenters. The zero-order valence-corrected chi connectivity index (χ0v) is 7.31. The van der Waals surface area contributed by atoms with Crippen molar-refractivity contribution in [2.24, 2.45) is 0 Å². The van der Waals surface area contributed by atoms with Gasteiger partial charge in [-0.2, -0.15) is 0 Å². The van der Waals surface area contributed by atoms with Crippen molar-refractivity contribution >= 4 is 5.69 Å². The Morgan fingerprint density at radius 1 is 1.00 bits per heavy atom. The number of hydrogen-bond acceptors (Lipinski definition) is 3. The number of nitrogen functional groups attached to an aromatic ring is 1. The minimum Gasteiger partial charge on any atom is -0.399 e. The number of benzene rings is 1. The molecule has 0 aliphatic carbocycles. The average Bonchev–Trinajstić information content (AvgIpc) is 2.21. The first-order valence-electron chi connectivity index (χ1n) is 4.09. The number of aromatic nitrogens is 2. The Bertz CT molecular complexity index is 379. The van der Waals surface area contributed by atoms with Crippen LogP contribution in [0.5, 0.6) is 0 Å². The van der Waals surface area contributed by atoms with Crippen molar-refractivity contribution in [1.29, 1.82) is 0 Å². The standard InChI is InChI=1S/C10H8FN3/c11-8-5-13-10(14-6-8)7-1-3-9(12)4-2-7/h1-6H,12H2. The van der Waals surface area contributed by atoms with Crippen LogP contribution in [0, 0.1) is 5.82 Å². The molecule has 1 aromatic heterocycles. The van der Waals surface area contributed by atoms with E-state index >= 15 is 0 Å². The predicted molar refractivity (Wildman–Crippen MR) is 51.8 cm³/mol. The van der Waals surface area contributed by atoms with Crippen LogP contribution in [-0.2, 0) is 0 Å². The lowest BCUT2D eigenvalue weighted by atomic mass is 10.2.